The number of hydrogen-bond donors (Lipinski definition) is 0. The lowest BCUT2D eigenvalue weighted by atomic mass is 9.65. The smallest absolute Gasteiger partial charge is 0.119 e. The van der Waals surface area contributed by atoms with Crippen LogP contribution >= 0.6 is 0 Å². The summed E-state index contributed by atoms with van der Waals surface area (Å²) < 4.78 is 14.3. The zero-order valence-electron chi connectivity index (χ0n) is 21.3. The Morgan fingerprint density at radius 2 is 1.16 bits per heavy atom. The second-order valence-electron chi connectivity index (χ2n) is 9.10. The van der Waals surface area contributed by atoms with Crippen LogP contribution in [-0.4, -0.2) is 37.9 Å². The minimum absolute atomic E-state index is 0.184. The predicted octanol–water partition coefficient (Wildman–Crippen LogP) is 7.36. The van der Waals surface area contributed by atoms with Gasteiger partial charge >= 0.3 is 0 Å². The van der Waals surface area contributed by atoms with E-state index >= 15 is 0 Å². The molecule has 2 aromatic rings. The van der Waals surface area contributed by atoms with E-state index < -0.39 is 0 Å². The van der Waals surface area contributed by atoms with Gasteiger partial charge in [-0.2, -0.15) is 0 Å². The van der Waals surface area contributed by atoms with Crippen molar-refractivity contribution in [2.24, 2.45) is 0 Å². The van der Waals surface area contributed by atoms with Crippen LogP contribution < -0.4 is 5.46 Å². The number of halogens is 1. The average Bonchev–Trinajstić information content (AvgIpc) is 2.83. The highest BCUT2D eigenvalue weighted by atomic mass is 19.1. The fourth-order valence-electron chi connectivity index (χ4n) is 4.13. The molecule has 0 N–H and O–H groups in total. The van der Waals surface area contributed by atoms with Crippen molar-refractivity contribution in [1.29, 1.82) is 0 Å². The molecule has 2 rings (SSSR count). The quantitative estimate of drug-likeness (QED) is 0.201. The highest BCUT2D eigenvalue weighted by Gasteiger charge is 2.24. The third kappa shape index (κ3) is 12.4. The maximum Gasteiger partial charge on any atom is 0.119 e. The summed E-state index contributed by atoms with van der Waals surface area (Å²) in [7, 11) is 2.03. The molecule has 0 fully saturated rings. The maximum absolute atomic E-state index is 12.9. The number of quaternary nitrogens is 1. The molecule has 32 heavy (non-hydrogen) atoms. The molecule has 0 unspecified atom stereocenters. The van der Waals surface area contributed by atoms with Gasteiger partial charge in [-0.1, -0.05) is 101 Å². The minimum atomic E-state index is -0.184. The normalized spacial score (nSPS) is 11.2. The summed E-state index contributed by atoms with van der Waals surface area (Å²) in [6.07, 6.45) is 11.9. The zero-order chi connectivity index (χ0) is 23.5. The molecule has 0 atom stereocenters. The minimum Gasteiger partial charge on any atom is -0.324 e. The fourth-order valence-corrected chi connectivity index (χ4v) is 4.13. The Kier molecular flexibility index (Phi) is 15.9. The van der Waals surface area contributed by atoms with Gasteiger partial charge in [0, 0.05) is 0 Å². The Labute approximate surface area is 199 Å². The topological polar surface area (TPSA) is 0 Å². The molecule has 0 saturated carbocycles. The molecular weight excluding hydrogens is 392 g/mol. The predicted molar refractivity (Wildman–Crippen MR) is 141 cm³/mol. The first-order chi connectivity index (χ1) is 15.6. The maximum atomic E-state index is 12.9. The number of nitrogens with zero attached hydrogens (tertiary/aromatic N) is 1. The van der Waals surface area contributed by atoms with Gasteiger partial charge in [0.25, 0.3) is 0 Å². The number of rotatable bonds is 15. The van der Waals surface area contributed by atoms with Gasteiger partial charge in [-0.15, -0.1) is 6.07 Å². The summed E-state index contributed by atoms with van der Waals surface area (Å²) in [5, 5.41) is 0. The van der Waals surface area contributed by atoms with Crippen LogP contribution in [-0.2, 0) is 6.32 Å². The third-order valence-corrected chi connectivity index (χ3v) is 6.21. The van der Waals surface area contributed by atoms with Crippen molar-refractivity contribution in [3.8, 4) is 0 Å². The molecule has 0 heterocycles. The van der Waals surface area contributed by atoms with Crippen LogP contribution in [0.4, 0.5) is 4.39 Å². The van der Waals surface area contributed by atoms with Crippen LogP contribution in [0.25, 0.3) is 0 Å². The highest BCUT2D eigenvalue weighted by molar-refractivity contribution is 6.52. The molecule has 0 bridgehead atoms. The van der Waals surface area contributed by atoms with Gasteiger partial charge in [0.2, 0.25) is 0 Å². The molecule has 2 radical (unpaired) electrons. The van der Waals surface area contributed by atoms with E-state index in [4.69, 9.17) is 0 Å². The van der Waals surface area contributed by atoms with Crippen molar-refractivity contribution >= 4 is 12.7 Å². The van der Waals surface area contributed by atoms with Crippen LogP contribution in [0.1, 0.15) is 84.6 Å². The molecule has 3 heteroatoms. The second-order valence-corrected chi connectivity index (χ2v) is 9.10. The Bertz CT molecular complexity index is 651. The van der Waals surface area contributed by atoms with E-state index in [0.717, 1.165) is 11.8 Å². The van der Waals surface area contributed by atoms with Crippen molar-refractivity contribution in [1.82, 2.24) is 0 Å². The first-order valence-electron chi connectivity index (χ1n) is 13.1. The Balaban J connectivity index is 0.000000321. The van der Waals surface area contributed by atoms with Gasteiger partial charge in [0.15, 0.2) is 0 Å². The Morgan fingerprint density at radius 3 is 1.59 bits per heavy atom. The standard InChI is InChI=1S/C16H36N.C13H11BF/c1-5-9-13-17(14-10-6-2,15-11-7-3)16-12-8-4;15-13-8-4-7-12(9-13)14-10-11-5-2-1-3-6-11/h5-16H2,1-4H3;1-9H,10H2/q+1;-1. The van der Waals surface area contributed by atoms with Gasteiger partial charge in [0.05, 0.1) is 26.2 Å². The summed E-state index contributed by atoms with van der Waals surface area (Å²) in [5.74, 6) is -0.184. The van der Waals surface area contributed by atoms with Crippen LogP contribution in [0, 0.1) is 5.82 Å². The summed E-state index contributed by atoms with van der Waals surface area (Å²) >= 11 is 0. The lowest BCUT2D eigenvalue weighted by Crippen LogP contribution is -2.50. The van der Waals surface area contributed by atoms with Crippen LogP contribution in [0.5, 0.6) is 0 Å². The van der Waals surface area contributed by atoms with Gasteiger partial charge in [-0.25, -0.2) is 10.7 Å². The van der Waals surface area contributed by atoms with Gasteiger partial charge < -0.3 is 4.48 Å². The van der Waals surface area contributed by atoms with Crippen molar-refractivity contribution in [3.05, 3.63) is 66.0 Å². The average molecular weight is 440 g/mol. The van der Waals surface area contributed by atoms with E-state index in [0.29, 0.717) is 0 Å². The Hall–Kier alpha value is -1.61. The van der Waals surface area contributed by atoms with Crippen LogP contribution in [0.3, 0.4) is 0 Å². The summed E-state index contributed by atoms with van der Waals surface area (Å²) in [6, 6.07) is 16.8. The lowest BCUT2D eigenvalue weighted by molar-refractivity contribution is -0.929. The molecule has 1 nitrogen and oxygen atoms in total. The van der Waals surface area contributed by atoms with Gasteiger partial charge in [0.1, 0.15) is 5.82 Å². The number of benzene rings is 2. The van der Waals surface area contributed by atoms with Crippen molar-refractivity contribution in [3.63, 3.8) is 0 Å². The van der Waals surface area contributed by atoms with E-state index in [9.17, 15) is 4.39 Å². The SMILES string of the molecule is CCCC[N+](CCCC)(CCCC)CCCC.Fc1cccc([B-]Cc2ccccc2)c1. The second kappa shape index (κ2) is 17.9. The van der Waals surface area contributed by atoms with Gasteiger partial charge in [-0.05, 0) is 31.7 Å². The van der Waals surface area contributed by atoms with E-state index in [-0.39, 0.29) is 5.82 Å². The lowest BCUT2D eigenvalue weighted by Gasteiger charge is -2.39. The number of unbranched alkanes of at least 4 members (excludes halogenated alkanes) is 4. The molecule has 0 aliphatic heterocycles. The fraction of sp³-hybridized carbons (Fsp3) is 0.586. The first kappa shape index (κ1) is 28.4. The van der Waals surface area contributed by atoms with Crippen molar-refractivity contribution in [2.45, 2.75) is 85.4 Å². The largest absolute Gasteiger partial charge is 0.324 e. The molecule has 0 amide bonds. The molecule has 178 valence electrons. The monoisotopic (exact) mass is 439 g/mol. The summed E-state index contributed by atoms with van der Waals surface area (Å²) in [6.45, 7) is 15.0. The highest BCUT2D eigenvalue weighted by Crippen LogP contribution is 2.16. The molecular formula is C29H47BFN. The molecule has 0 saturated heterocycles. The van der Waals surface area contributed by atoms with Crippen molar-refractivity contribution in [2.75, 3.05) is 26.2 Å². The van der Waals surface area contributed by atoms with E-state index in [1.54, 1.807) is 12.1 Å². The van der Waals surface area contributed by atoms with Crippen LogP contribution in [0.2, 0.25) is 0 Å². The third-order valence-electron chi connectivity index (χ3n) is 6.21. The first-order valence-corrected chi connectivity index (χ1v) is 13.1. The van der Waals surface area contributed by atoms with Crippen LogP contribution in [0.15, 0.2) is 54.6 Å². The summed E-state index contributed by atoms with van der Waals surface area (Å²) in [4.78, 5) is 0. The van der Waals surface area contributed by atoms with Gasteiger partial charge in [-0.3, -0.25) is 12.7 Å². The number of hydrogen-bond acceptors (Lipinski definition) is 0. The Morgan fingerprint density at radius 1 is 0.656 bits per heavy atom. The van der Waals surface area contributed by atoms with E-state index in [1.165, 1.54) is 93.7 Å². The van der Waals surface area contributed by atoms with Crippen molar-refractivity contribution < 1.29 is 8.87 Å². The van der Waals surface area contributed by atoms with E-state index in [2.05, 4.69) is 39.8 Å². The molecule has 0 aliphatic rings. The summed E-state index contributed by atoms with van der Waals surface area (Å²) in [5.41, 5.74) is 2.17. The molecule has 2 aromatic carbocycles. The molecule has 0 aromatic heterocycles. The zero-order valence-corrected chi connectivity index (χ0v) is 21.3. The molecule has 0 spiro atoms. The van der Waals surface area contributed by atoms with E-state index in [1.807, 2.05) is 31.5 Å². The molecule has 0 aliphatic carbocycles.